The monoisotopic (exact) mass is 185 g/mol. The van der Waals surface area contributed by atoms with Gasteiger partial charge in [-0.05, 0) is 20.3 Å². The molecule has 1 saturated heterocycles. The van der Waals surface area contributed by atoms with Crippen molar-refractivity contribution in [2.45, 2.75) is 32.2 Å². The SMILES string of the molecule is CN1CCCC(=O)N1CC(C)(C)N. The van der Waals surface area contributed by atoms with Gasteiger partial charge in [0, 0.05) is 25.6 Å². The van der Waals surface area contributed by atoms with Gasteiger partial charge in [-0.2, -0.15) is 0 Å². The number of amides is 1. The summed E-state index contributed by atoms with van der Waals surface area (Å²) in [6, 6.07) is 0. The second kappa shape index (κ2) is 3.64. The molecule has 1 rings (SSSR count). The molecule has 0 aromatic rings. The van der Waals surface area contributed by atoms with Crippen molar-refractivity contribution in [3.63, 3.8) is 0 Å². The summed E-state index contributed by atoms with van der Waals surface area (Å²) in [6.45, 7) is 5.41. The minimum Gasteiger partial charge on any atom is -0.324 e. The van der Waals surface area contributed by atoms with E-state index < -0.39 is 0 Å². The summed E-state index contributed by atoms with van der Waals surface area (Å²) in [5.41, 5.74) is 5.55. The van der Waals surface area contributed by atoms with Crippen molar-refractivity contribution < 1.29 is 4.79 Å². The van der Waals surface area contributed by atoms with Crippen LogP contribution in [0.1, 0.15) is 26.7 Å². The van der Waals surface area contributed by atoms with Crippen LogP contribution in [0.4, 0.5) is 0 Å². The van der Waals surface area contributed by atoms with Crippen LogP contribution in [0.3, 0.4) is 0 Å². The van der Waals surface area contributed by atoms with Crippen molar-refractivity contribution >= 4 is 5.91 Å². The molecule has 1 aliphatic rings. The minimum atomic E-state index is -0.318. The van der Waals surface area contributed by atoms with E-state index in [0.717, 1.165) is 13.0 Å². The number of nitrogens with two attached hydrogens (primary N) is 1. The smallest absolute Gasteiger partial charge is 0.236 e. The Balaban J connectivity index is 2.59. The average molecular weight is 185 g/mol. The zero-order chi connectivity index (χ0) is 10.1. The Kier molecular flexibility index (Phi) is 2.93. The number of carbonyl (C=O) groups is 1. The van der Waals surface area contributed by atoms with Crippen molar-refractivity contribution in [1.29, 1.82) is 0 Å². The van der Waals surface area contributed by atoms with Gasteiger partial charge in [0.15, 0.2) is 0 Å². The summed E-state index contributed by atoms with van der Waals surface area (Å²) in [6.07, 6.45) is 1.61. The predicted molar refractivity (Wildman–Crippen MR) is 51.8 cm³/mol. The van der Waals surface area contributed by atoms with Crippen LogP contribution in [-0.4, -0.2) is 41.6 Å². The lowest BCUT2D eigenvalue weighted by Gasteiger charge is -2.39. The van der Waals surface area contributed by atoms with Gasteiger partial charge in [-0.25, -0.2) is 5.01 Å². The maximum absolute atomic E-state index is 11.5. The lowest BCUT2D eigenvalue weighted by Crippen LogP contribution is -2.55. The molecule has 0 saturated carbocycles. The molecule has 13 heavy (non-hydrogen) atoms. The molecule has 0 aliphatic carbocycles. The summed E-state index contributed by atoms with van der Waals surface area (Å²) in [4.78, 5) is 11.5. The Labute approximate surface area is 79.6 Å². The van der Waals surface area contributed by atoms with Gasteiger partial charge in [0.25, 0.3) is 0 Å². The fourth-order valence-electron chi connectivity index (χ4n) is 1.49. The third kappa shape index (κ3) is 2.97. The fraction of sp³-hybridized carbons (Fsp3) is 0.889. The van der Waals surface area contributed by atoms with E-state index in [2.05, 4.69) is 0 Å². The predicted octanol–water partition coefficient (Wildman–Crippen LogP) is 0.193. The molecule has 76 valence electrons. The van der Waals surface area contributed by atoms with Crippen LogP contribution in [0, 0.1) is 0 Å². The zero-order valence-electron chi connectivity index (χ0n) is 8.71. The number of hydrazine groups is 1. The normalized spacial score (nSPS) is 20.9. The maximum Gasteiger partial charge on any atom is 0.236 e. The van der Waals surface area contributed by atoms with E-state index in [4.69, 9.17) is 5.73 Å². The highest BCUT2D eigenvalue weighted by atomic mass is 16.2. The number of rotatable bonds is 2. The zero-order valence-corrected chi connectivity index (χ0v) is 8.71. The van der Waals surface area contributed by atoms with Crippen LogP contribution >= 0.6 is 0 Å². The molecule has 0 spiro atoms. The van der Waals surface area contributed by atoms with Gasteiger partial charge in [0.2, 0.25) is 5.91 Å². The molecule has 0 aromatic heterocycles. The summed E-state index contributed by atoms with van der Waals surface area (Å²) in [5.74, 6) is 0.187. The third-order valence-electron chi connectivity index (χ3n) is 2.13. The number of nitrogens with zero attached hydrogens (tertiary/aromatic N) is 2. The third-order valence-corrected chi connectivity index (χ3v) is 2.13. The number of carbonyl (C=O) groups excluding carboxylic acids is 1. The quantitative estimate of drug-likeness (QED) is 0.668. The summed E-state index contributed by atoms with van der Waals surface area (Å²) >= 11 is 0. The Morgan fingerprint density at radius 1 is 1.54 bits per heavy atom. The molecule has 0 atom stereocenters. The first-order valence-electron chi connectivity index (χ1n) is 4.70. The molecule has 1 aliphatic heterocycles. The molecular weight excluding hydrogens is 166 g/mol. The lowest BCUT2D eigenvalue weighted by atomic mass is 10.1. The first-order chi connectivity index (χ1) is 5.90. The molecule has 0 unspecified atom stereocenters. The van der Waals surface area contributed by atoms with Crippen LogP contribution in [0.5, 0.6) is 0 Å². The van der Waals surface area contributed by atoms with E-state index in [0.29, 0.717) is 13.0 Å². The average Bonchev–Trinajstić information content (AvgIpc) is 1.95. The van der Waals surface area contributed by atoms with Crippen molar-refractivity contribution in [2.24, 2.45) is 5.73 Å². The molecule has 2 N–H and O–H groups in total. The largest absolute Gasteiger partial charge is 0.324 e. The van der Waals surface area contributed by atoms with Crippen LogP contribution in [0.25, 0.3) is 0 Å². The van der Waals surface area contributed by atoms with Gasteiger partial charge in [0.1, 0.15) is 0 Å². The van der Waals surface area contributed by atoms with E-state index in [-0.39, 0.29) is 11.4 Å². The summed E-state index contributed by atoms with van der Waals surface area (Å²) < 4.78 is 0. The number of hydrogen-bond acceptors (Lipinski definition) is 3. The Morgan fingerprint density at radius 2 is 2.15 bits per heavy atom. The summed E-state index contributed by atoms with van der Waals surface area (Å²) in [5, 5.41) is 3.71. The van der Waals surface area contributed by atoms with Crippen molar-refractivity contribution in [1.82, 2.24) is 10.0 Å². The fourth-order valence-corrected chi connectivity index (χ4v) is 1.49. The highest BCUT2D eigenvalue weighted by Gasteiger charge is 2.27. The first-order valence-corrected chi connectivity index (χ1v) is 4.70. The molecular formula is C9H19N3O. The molecule has 1 amide bonds. The molecule has 4 heteroatoms. The molecule has 1 fully saturated rings. The second-order valence-corrected chi connectivity index (χ2v) is 4.42. The summed E-state index contributed by atoms with van der Waals surface area (Å²) in [7, 11) is 1.93. The van der Waals surface area contributed by atoms with Crippen LogP contribution < -0.4 is 5.73 Å². The van der Waals surface area contributed by atoms with Gasteiger partial charge >= 0.3 is 0 Å². The van der Waals surface area contributed by atoms with E-state index in [1.165, 1.54) is 0 Å². The van der Waals surface area contributed by atoms with E-state index in [9.17, 15) is 4.79 Å². The van der Waals surface area contributed by atoms with Crippen molar-refractivity contribution in [3.8, 4) is 0 Å². The highest BCUT2D eigenvalue weighted by molar-refractivity contribution is 5.76. The van der Waals surface area contributed by atoms with Gasteiger partial charge < -0.3 is 5.73 Å². The molecule has 1 heterocycles. The van der Waals surface area contributed by atoms with Crippen molar-refractivity contribution in [2.75, 3.05) is 20.1 Å². The minimum absolute atomic E-state index is 0.187. The van der Waals surface area contributed by atoms with Gasteiger partial charge in [-0.1, -0.05) is 0 Å². The van der Waals surface area contributed by atoms with Gasteiger partial charge in [-0.3, -0.25) is 9.80 Å². The topological polar surface area (TPSA) is 49.6 Å². The van der Waals surface area contributed by atoms with Crippen molar-refractivity contribution in [3.05, 3.63) is 0 Å². The van der Waals surface area contributed by atoms with E-state index in [1.807, 2.05) is 25.9 Å². The molecule has 0 radical (unpaired) electrons. The standard InChI is InChI=1S/C9H19N3O/c1-9(2,10)7-12-8(13)5-4-6-11(12)3/h4-7,10H2,1-3H3. The number of hydrogen-bond donors (Lipinski definition) is 1. The Hall–Kier alpha value is -0.610. The Morgan fingerprint density at radius 3 is 2.62 bits per heavy atom. The van der Waals surface area contributed by atoms with Crippen LogP contribution in [0.2, 0.25) is 0 Å². The van der Waals surface area contributed by atoms with E-state index in [1.54, 1.807) is 5.01 Å². The molecule has 4 nitrogen and oxygen atoms in total. The first kappa shape index (κ1) is 10.5. The Bertz CT molecular complexity index is 198. The molecule has 0 aromatic carbocycles. The van der Waals surface area contributed by atoms with E-state index >= 15 is 0 Å². The van der Waals surface area contributed by atoms with Gasteiger partial charge in [0.05, 0.1) is 6.54 Å². The van der Waals surface area contributed by atoms with Gasteiger partial charge in [-0.15, -0.1) is 0 Å². The second-order valence-electron chi connectivity index (χ2n) is 4.42. The van der Waals surface area contributed by atoms with Crippen LogP contribution in [-0.2, 0) is 4.79 Å². The lowest BCUT2D eigenvalue weighted by molar-refractivity contribution is -0.154. The maximum atomic E-state index is 11.5. The highest BCUT2D eigenvalue weighted by Crippen LogP contribution is 2.12. The van der Waals surface area contributed by atoms with Crippen LogP contribution in [0.15, 0.2) is 0 Å². The molecule has 0 bridgehead atoms.